The Morgan fingerprint density at radius 2 is 2.00 bits per heavy atom. The first-order chi connectivity index (χ1) is 12.3. The largest absolute Gasteiger partial charge is 0.390 e. The first-order valence-electron chi connectivity index (χ1n) is 9.46. The van der Waals surface area contributed by atoms with E-state index in [0.29, 0.717) is 6.04 Å². The fourth-order valence-electron chi connectivity index (χ4n) is 4.30. The van der Waals surface area contributed by atoms with Crippen molar-refractivity contribution in [2.45, 2.75) is 44.5 Å². The molecule has 4 rings (SSSR count). The molecule has 0 radical (unpaired) electrons. The van der Waals surface area contributed by atoms with Crippen molar-refractivity contribution in [2.24, 2.45) is 0 Å². The van der Waals surface area contributed by atoms with Crippen LogP contribution in [0, 0.1) is 0 Å². The van der Waals surface area contributed by atoms with Crippen LogP contribution in [0.2, 0.25) is 0 Å². The number of rotatable bonds is 6. The van der Waals surface area contributed by atoms with Crippen molar-refractivity contribution in [3.05, 3.63) is 53.9 Å². The summed E-state index contributed by atoms with van der Waals surface area (Å²) in [7, 11) is 0. The van der Waals surface area contributed by atoms with Gasteiger partial charge in [0.1, 0.15) is 0 Å². The van der Waals surface area contributed by atoms with Crippen LogP contribution in [0.25, 0.3) is 0 Å². The molecule has 2 unspecified atom stereocenters. The zero-order valence-corrected chi connectivity index (χ0v) is 14.8. The zero-order valence-electron chi connectivity index (χ0n) is 14.8. The van der Waals surface area contributed by atoms with Crippen molar-refractivity contribution < 1.29 is 5.11 Å². The summed E-state index contributed by atoms with van der Waals surface area (Å²) < 4.78 is 2.01. The number of hydrogen-bond acceptors (Lipinski definition) is 4. The molecule has 0 amide bonds. The second-order valence-corrected chi connectivity index (χ2v) is 7.43. The molecule has 0 aliphatic carbocycles. The fourth-order valence-corrected chi connectivity index (χ4v) is 4.30. The van der Waals surface area contributed by atoms with Gasteiger partial charge in [-0.15, -0.1) is 0 Å². The van der Waals surface area contributed by atoms with E-state index in [-0.39, 0.29) is 6.10 Å². The topological polar surface area (TPSA) is 44.5 Å². The van der Waals surface area contributed by atoms with Crippen molar-refractivity contribution in [1.82, 2.24) is 19.6 Å². The summed E-state index contributed by atoms with van der Waals surface area (Å²) in [5.41, 5.74) is 2.88. The Labute approximate surface area is 149 Å². The molecule has 2 aliphatic heterocycles. The molecule has 5 nitrogen and oxygen atoms in total. The minimum Gasteiger partial charge on any atom is -0.390 e. The average molecular weight is 340 g/mol. The predicted octanol–water partition coefficient (Wildman–Crippen LogP) is 1.77. The summed E-state index contributed by atoms with van der Waals surface area (Å²) in [6, 6.07) is 11.2. The molecule has 3 heterocycles. The average Bonchev–Trinajstić information content (AvgIpc) is 3.28. The highest BCUT2D eigenvalue weighted by molar-refractivity contribution is 5.29. The Morgan fingerprint density at radius 1 is 1.12 bits per heavy atom. The highest BCUT2D eigenvalue weighted by Gasteiger charge is 2.27. The van der Waals surface area contributed by atoms with Crippen LogP contribution in [0.5, 0.6) is 0 Å². The van der Waals surface area contributed by atoms with E-state index in [1.807, 2.05) is 23.1 Å². The maximum Gasteiger partial charge on any atom is 0.0794 e. The molecule has 2 atom stereocenters. The lowest BCUT2D eigenvalue weighted by molar-refractivity contribution is 0.0621. The quantitative estimate of drug-likeness (QED) is 0.870. The Balaban J connectivity index is 1.29. The third-order valence-electron chi connectivity index (χ3n) is 5.58. The summed E-state index contributed by atoms with van der Waals surface area (Å²) in [6.07, 6.45) is 7.08. The summed E-state index contributed by atoms with van der Waals surface area (Å²) >= 11 is 0. The van der Waals surface area contributed by atoms with E-state index in [1.165, 1.54) is 24.0 Å². The molecular formula is C20H28N4O. The van der Waals surface area contributed by atoms with E-state index >= 15 is 0 Å². The lowest BCUT2D eigenvalue weighted by atomic mass is 10.00. The van der Waals surface area contributed by atoms with Gasteiger partial charge in [-0.1, -0.05) is 24.3 Å². The molecule has 1 aromatic carbocycles. The number of β-amino-alcohol motifs (C(OH)–C–C–N with tert-alkyl or cyclic N) is 1. The van der Waals surface area contributed by atoms with Crippen LogP contribution in [0.1, 0.15) is 24.0 Å². The van der Waals surface area contributed by atoms with Crippen LogP contribution in [0.15, 0.2) is 42.7 Å². The Hall–Kier alpha value is -1.69. The molecule has 2 aromatic rings. The number of aromatic nitrogens is 2. The second-order valence-electron chi connectivity index (χ2n) is 7.43. The van der Waals surface area contributed by atoms with E-state index in [9.17, 15) is 5.11 Å². The molecule has 1 N–H and O–H groups in total. The maximum atomic E-state index is 10.6. The Bertz CT molecular complexity index is 672. The molecule has 2 aliphatic rings. The number of fused-ring (bicyclic) bond motifs is 1. The highest BCUT2D eigenvalue weighted by Crippen LogP contribution is 2.21. The van der Waals surface area contributed by atoms with Gasteiger partial charge in [-0.05, 0) is 43.0 Å². The zero-order chi connectivity index (χ0) is 17.1. The van der Waals surface area contributed by atoms with Gasteiger partial charge in [-0.2, -0.15) is 5.10 Å². The molecule has 1 fully saturated rings. The standard InChI is InChI=1S/C20H28N4O/c25-20(15-22-12-8-17-5-1-2-6-18(17)13-22)16-23-10-3-7-19(23)14-24-11-4-9-21-24/h1-2,4-6,9,11,19-20,25H,3,7-8,10,12-16H2. The number of nitrogens with zero attached hydrogens (tertiary/aromatic N) is 4. The summed E-state index contributed by atoms with van der Waals surface area (Å²) in [5.74, 6) is 0. The second kappa shape index (κ2) is 7.68. The third kappa shape index (κ3) is 4.11. The van der Waals surface area contributed by atoms with Gasteiger partial charge < -0.3 is 5.11 Å². The molecule has 1 saturated heterocycles. The van der Waals surface area contributed by atoms with Crippen molar-refractivity contribution in [2.75, 3.05) is 26.2 Å². The number of likely N-dealkylation sites (tertiary alicyclic amines) is 1. The molecule has 0 spiro atoms. The van der Waals surface area contributed by atoms with Crippen molar-refractivity contribution in [3.63, 3.8) is 0 Å². The van der Waals surface area contributed by atoms with Gasteiger partial charge in [-0.25, -0.2) is 0 Å². The molecule has 5 heteroatoms. The lowest BCUT2D eigenvalue weighted by Gasteiger charge is -2.32. The van der Waals surface area contributed by atoms with Gasteiger partial charge >= 0.3 is 0 Å². The van der Waals surface area contributed by atoms with E-state index in [4.69, 9.17) is 0 Å². The number of hydrogen-bond donors (Lipinski definition) is 1. The van der Waals surface area contributed by atoms with E-state index < -0.39 is 0 Å². The fraction of sp³-hybridized carbons (Fsp3) is 0.550. The van der Waals surface area contributed by atoms with E-state index in [2.05, 4.69) is 39.2 Å². The molecular weight excluding hydrogens is 312 g/mol. The Kier molecular flexibility index (Phi) is 5.15. The van der Waals surface area contributed by atoms with Crippen molar-refractivity contribution in [1.29, 1.82) is 0 Å². The molecule has 0 bridgehead atoms. The van der Waals surface area contributed by atoms with Gasteiger partial charge in [0.15, 0.2) is 0 Å². The summed E-state index contributed by atoms with van der Waals surface area (Å²) in [6.45, 7) is 5.56. The molecule has 25 heavy (non-hydrogen) atoms. The van der Waals surface area contributed by atoms with E-state index in [1.54, 1.807) is 0 Å². The van der Waals surface area contributed by atoms with Crippen LogP contribution in [0.4, 0.5) is 0 Å². The van der Waals surface area contributed by atoms with Gasteiger partial charge in [0.25, 0.3) is 0 Å². The lowest BCUT2D eigenvalue weighted by Crippen LogP contribution is -2.44. The van der Waals surface area contributed by atoms with Gasteiger partial charge in [0.05, 0.1) is 12.6 Å². The Morgan fingerprint density at radius 3 is 2.84 bits per heavy atom. The van der Waals surface area contributed by atoms with Crippen LogP contribution in [-0.4, -0.2) is 63.0 Å². The monoisotopic (exact) mass is 340 g/mol. The maximum absolute atomic E-state index is 10.6. The molecule has 0 saturated carbocycles. The SMILES string of the molecule is OC(CN1CCc2ccccc2C1)CN1CCCC1Cn1cccn1. The number of aliphatic hydroxyl groups excluding tert-OH is 1. The minimum atomic E-state index is -0.288. The van der Waals surface area contributed by atoms with Gasteiger partial charge in [-0.3, -0.25) is 14.5 Å². The first kappa shape index (κ1) is 16.8. The van der Waals surface area contributed by atoms with Gasteiger partial charge in [0, 0.05) is 44.6 Å². The highest BCUT2D eigenvalue weighted by atomic mass is 16.3. The third-order valence-corrected chi connectivity index (χ3v) is 5.58. The number of aliphatic hydroxyl groups is 1. The molecule has 1 aromatic heterocycles. The smallest absolute Gasteiger partial charge is 0.0794 e. The number of benzene rings is 1. The summed E-state index contributed by atoms with van der Waals surface area (Å²) in [5, 5.41) is 15.0. The predicted molar refractivity (Wildman–Crippen MR) is 98.3 cm³/mol. The van der Waals surface area contributed by atoms with Crippen molar-refractivity contribution >= 4 is 0 Å². The van der Waals surface area contributed by atoms with Crippen molar-refractivity contribution in [3.8, 4) is 0 Å². The minimum absolute atomic E-state index is 0.288. The normalized spacial score (nSPS) is 22.8. The van der Waals surface area contributed by atoms with Crippen LogP contribution in [0.3, 0.4) is 0 Å². The van der Waals surface area contributed by atoms with Crippen LogP contribution in [-0.2, 0) is 19.5 Å². The summed E-state index contributed by atoms with van der Waals surface area (Å²) in [4.78, 5) is 4.84. The first-order valence-corrected chi connectivity index (χ1v) is 9.46. The van der Waals surface area contributed by atoms with Crippen LogP contribution >= 0.6 is 0 Å². The van der Waals surface area contributed by atoms with E-state index in [0.717, 1.165) is 45.7 Å². The molecule has 134 valence electrons. The van der Waals surface area contributed by atoms with Crippen LogP contribution < -0.4 is 0 Å². The van der Waals surface area contributed by atoms with Gasteiger partial charge in [0.2, 0.25) is 0 Å².